The molecule has 9 heteroatoms. The van der Waals surface area contributed by atoms with Gasteiger partial charge in [0.2, 0.25) is 11.9 Å². The molecule has 1 saturated heterocycles. The molecule has 0 radical (unpaired) electrons. The number of rotatable bonds is 8. The highest BCUT2D eigenvalue weighted by molar-refractivity contribution is 7.99. The summed E-state index contributed by atoms with van der Waals surface area (Å²) < 4.78 is 7.00. The zero-order valence-electron chi connectivity index (χ0n) is 15.5. The second-order valence-electron chi connectivity index (χ2n) is 6.48. The van der Waals surface area contributed by atoms with Gasteiger partial charge < -0.3 is 15.0 Å². The Hall–Kier alpha value is -1.77. The molecule has 2 heterocycles. The molecule has 0 spiro atoms. The average molecular weight is 410 g/mol. The number of carbonyl (C=O) groups is 1. The van der Waals surface area contributed by atoms with Crippen molar-refractivity contribution in [1.29, 1.82) is 0 Å². The number of amides is 1. The summed E-state index contributed by atoms with van der Waals surface area (Å²) in [5.74, 6) is 0.952. The van der Waals surface area contributed by atoms with Gasteiger partial charge in [0.25, 0.3) is 0 Å². The Labute approximate surface area is 168 Å². The van der Waals surface area contributed by atoms with E-state index in [1.54, 1.807) is 7.11 Å². The number of hydrogen-bond acceptors (Lipinski definition) is 6. The number of benzene rings is 1. The van der Waals surface area contributed by atoms with Gasteiger partial charge in [-0.05, 0) is 31.9 Å². The summed E-state index contributed by atoms with van der Waals surface area (Å²) in [6.07, 6.45) is 2.27. The Morgan fingerprint density at radius 1 is 1.33 bits per heavy atom. The quantitative estimate of drug-likeness (QED) is 0.676. The van der Waals surface area contributed by atoms with E-state index in [1.807, 2.05) is 35.8 Å². The van der Waals surface area contributed by atoms with Crippen LogP contribution in [0.15, 0.2) is 29.4 Å². The van der Waals surface area contributed by atoms with E-state index in [0.29, 0.717) is 16.8 Å². The molecule has 1 aliphatic rings. The lowest BCUT2D eigenvalue weighted by molar-refractivity contribution is -0.119. The molecule has 1 N–H and O–H groups in total. The van der Waals surface area contributed by atoms with E-state index in [1.165, 1.54) is 11.8 Å². The topological polar surface area (TPSA) is 72.3 Å². The number of thioether (sulfide) groups is 1. The Bertz CT molecular complexity index is 779. The third-order valence-corrected chi connectivity index (χ3v) is 5.50. The molecule has 1 atom stereocenters. The highest BCUT2D eigenvalue weighted by atomic mass is 35.5. The monoisotopic (exact) mass is 409 g/mol. The minimum absolute atomic E-state index is 0.0373. The first-order valence-electron chi connectivity index (χ1n) is 8.96. The summed E-state index contributed by atoms with van der Waals surface area (Å²) in [7, 11) is 1.61. The van der Waals surface area contributed by atoms with Crippen LogP contribution in [-0.2, 0) is 9.53 Å². The van der Waals surface area contributed by atoms with Crippen molar-refractivity contribution in [3.05, 3.63) is 29.3 Å². The maximum atomic E-state index is 12.2. The number of nitrogens with one attached hydrogen (secondary N) is 1. The summed E-state index contributed by atoms with van der Waals surface area (Å²) >= 11 is 7.78. The molecular weight excluding hydrogens is 386 g/mol. The number of para-hydroxylation sites is 1. The van der Waals surface area contributed by atoms with Crippen LogP contribution in [0.1, 0.15) is 19.8 Å². The van der Waals surface area contributed by atoms with E-state index in [0.717, 1.165) is 37.6 Å². The molecule has 1 aliphatic heterocycles. The average Bonchev–Trinajstić information content (AvgIpc) is 3.30. The van der Waals surface area contributed by atoms with Crippen molar-refractivity contribution in [3.8, 4) is 5.69 Å². The Balaban J connectivity index is 1.81. The molecule has 1 unspecified atom stereocenters. The number of anilines is 1. The zero-order valence-corrected chi connectivity index (χ0v) is 17.1. The van der Waals surface area contributed by atoms with Crippen LogP contribution in [0.4, 0.5) is 5.95 Å². The van der Waals surface area contributed by atoms with Gasteiger partial charge in [-0.3, -0.25) is 9.36 Å². The third-order valence-electron chi connectivity index (χ3n) is 4.25. The van der Waals surface area contributed by atoms with Gasteiger partial charge in [-0.15, -0.1) is 10.2 Å². The minimum Gasteiger partial charge on any atom is -0.383 e. The molecule has 3 rings (SSSR count). The number of halogens is 1. The maximum Gasteiger partial charge on any atom is 0.232 e. The zero-order chi connectivity index (χ0) is 19.2. The summed E-state index contributed by atoms with van der Waals surface area (Å²) in [5.41, 5.74) is 0.821. The smallest absolute Gasteiger partial charge is 0.232 e. The lowest BCUT2D eigenvalue weighted by Gasteiger charge is -2.19. The van der Waals surface area contributed by atoms with Gasteiger partial charge in [0.05, 0.1) is 23.1 Å². The molecule has 2 aromatic rings. The van der Waals surface area contributed by atoms with Crippen molar-refractivity contribution in [2.75, 3.05) is 37.5 Å². The van der Waals surface area contributed by atoms with E-state index in [4.69, 9.17) is 16.3 Å². The van der Waals surface area contributed by atoms with Crippen LogP contribution in [0.3, 0.4) is 0 Å². The lowest BCUT2D eigenvalue weighted by Crippen LogP contribution is -2.36. The van der Waals surface area contributed by atoms with Gasteiger partial charge in [0.15, 0.2) is 5.16 Å². The largest absolute Gasteiger partial charge is 0.383 e. The Kier molecular flexibility index (Phi) is 6.98. The molecule has 1 aromatic carbocycles. The third kappa shape index (κ3) is 4.94. The van der Waals surface area contributed by atoms with Crippen molar-refractivity contribution < 1.29 is 9.53 Å². The predicted molar refractivity (Wildman–Crippen MR) is 108 cm³/mol. The van der Waals surface area contributed by atoms with Crippen LogP contribution in [0, 0.1) is 0 Å². The standard InChI is InChI=1S/C18H24ClN5O2S/c1-13(11-26-2)20-16(25)12-27-18-22-21-17(23-9-5-6-10-23)24(18)15-8-4-3-7-14(15)19/h3-4,7-8,13H,5-6,9-12H2,1-2H3,(H,20,25). The van der Waals surface area contributed by atoms with Gasteiger partial charge in [0, 0.05) is 26.2 Å². The fourth-order valence-corrected chi connectivity index (χ4v) is 4.03. The second-order valence-corrected chi connectivity index (χ2v) is 7.83. The van der Waals surface area contributed by atoms with Crippen LogP contribution in [-0.4, -0.2) is 59.3 Å². The predicted octanol–water partition coefficient (Wildman–Crippen LogP) is 2.76. The number of hydrogen-bond donors (Lipinski definition) is 1. The van der Waals surface area contributed by atoms with E-state index < -0.39 is 0 Å². The number of carbonyl (C=O) groups excluding carboxylic acids is 1. The molecule has 146 valence electrons. The van der Waals surface area contributed by atoms with E-state index >= 15 is 0 Å². The fourth-order valence-electron chi connectivity index (χ4n) is 3.06. The first-order valence-corrected chi connectivity index (χ1v) is 10.3. The molecule has 7 nitrogen and oxygen atoms in total. The molecule has 1 aromatic heterocycles. The van der Waals surface area contributed by atoms with Crippen molar-refractivity contribution in [2.45, 2.75) is 31.0 Å². The highest BCUT2D eigenvalue weighted by Gasteiger charge is 2.24. The van der Waals surface area contributed by atoms with Crippen molar-refractivity contribution in [1.82, 2.24) is 20.1 Å². The molecule has 1 fully saturated rings. The summed E-state index contributed by atoms with van der Waals surface area (Å²) in [6, 6.07) is 7.57. The van der Waals surface area contributed by atoms with Gasteiger partial charge in [-0.2, -0.15) is 0 Å². The molecule has 27 heavy (non-hydrogen) atoms. The van der Waals surface area contributed by atoms with Gasteiger partial charge in [-0.25, -0.2) is 0 Å². The number of aromatic nitrogens is 3. The molecular formula is C18H24ClN5O2S. The Morgan fingerprint density at radius 2 is 2.07 bits per heavy atom. The number of ether oxygens (including phenoxy) is 1. The van der Waals surface area contributed by atoms with Gasteiger partial charge in [-0.1, -0.05) is 35.5 Å². The molecule has 1 amide bonds. The van der Waals surface area contributed by atoms with E-state index in [2.05, 4.69) is 20.4 Å². The number of methoxy groups -OCH3 is 1. The molecule has 0 saturated carbocycles. The van der Waals surface area contributed by atoms with Crippen LogP contribution in [0.25, 0.3) is 5.69 Å². The number of nitrogens with zero attached hydrogens (tertiary/aromatic N) is 4. The van der Waals surface area contributed by atoms with Crippen LogP contribution >= 0.6 is 23.4 Å². The van der Waals surface area contributed by atoms with E-state index in [9.17, 15) is 4.79 Å². The minimum atomic E-state index is -0.0685. The van der Waals surface area contributed by atoms with Crippen LogP contribution in [0.5, 0.6) is 0 Å². The van der Waals surface area contributed by atoms with E-state index in [-0.39, 0.29) is 17.7 Å². The van der Waals surface area contributed by atoms with Crippen molar-refractivity contribution in [2.24, 2.45) is 0 Å². The fraction of sp³-hybridized carbons (Fsp3) is 0.500. The normalized spacial score (nSPS) is 15.1. The van der Waals surface area contributed by atoms with Gasteiger partial charge >= 0.3 is 0 Å². The summed E-state index contributed by atoms with van der Waals surface area (Å²) in [5, 5.41) is 12.9. The van der Waals surface area contributed by atoms with Crippen LogP contribution < -0.4 is 10.2 Å². The first-order chi connectivity index (χ1) is 13.1. The second kappa shape index (κ2) is 9.43. The van der Waals surface area contributed by atoms with Crippen LogP contribution in [0.2, 0.25) is 5.02 Å². The van der Waals surface area contributed by atoms with Crippen molar-refractivity contribution >= 4 is 35.2 Å². The summed E-state index contributed by atoms with van der Waals surface area (Å²) in [4.78, 5) is 14.4. The SMILES string of the molecule is COCC(C)NC(=O)CSc1nnc(N2CCCC2)n1-c1ccccc1Cl. The molecule has 0 bridgehead atoms. The summed E-state index contributed by atoms with van der Waals surface area (Å²) in [6.45, 7) is 4.28. The lowest BCUT2D eigenvalue weighted by atomic mass is 10.3. The molecule has 0 aliphatic carbocycles. The van der Waals surface area contributed by atoms with Crippen molar-refractivity contribution in [3.63, 3.8) is 0 Å². The Morgan fingerprint density at radius 3 is 2.78 bits per heavy atom. The first kappa shape index (κ1) is 20.0. The van der Waals surface area contributed by atoms with Gasteiger partial charge in [0.1, 0.15) is 0 Å². The highest BCUT2D eigenvalue weighted by Crippen LogP contribution is 2.31. The maximum absolute atomic E-state index is 12.2.